The number of hydrogen-bond acceptors (Lipinski definition) is 2. The molecule has 0 saturated carbocycles. The van der Waals surface area contributed by atoms with Gasteiger partial charge in [0.25, 0.3) is 0 Å². The van der Waals surface area contributed by atoms with E-state index in [2.05, 4.69) is 6.92 Å². The number of unbranched alkanes of at least 4 members (excludes halogenated alkanes) is 8. The molecule has 462 valence electrons. The topological polar surface area (TPSA) is 38.0 Å². The molecule has 1 heterocycles. The minimum atomic E-state index is -6.13. The van der Waals surface area contributed by atoms with Gasteiger partial charge in [-0.15, -0.1) is 0 Å². The summed E-state index contributed by atoms with van der Waals surface area (Å²) in [5, 5.41) is 0. The van der Waals surface area contributed by atoms with Crippen LogP contribution in [-0.2, 0) is 56.0 Å². The second kappa shape index (κ2) is 26.3. The Morgan fingerprint density at radius 2 is 0.612 bits per heavy atom. The quantitative estimate of drug-likeness (QED) is 0.0283. The van der Waals surface area contributed by atoms with Crippen LogP contribution in [0.1, 0.15) is 136 Å². The summed E-state index contributed by atoms with van der Waals surface area (Å²) < 4.78 is 343. The van der Waals surface area contributed by atoms with E-state index in [-0.39, 0.29) is 18.1 Å². The summed E-state index contributed by atoms with van der Waals surface area (Å²) in [6, 6.07) is 6.00. The van der Waals surface area contributed by atoms with Gasteiger partial charge in [0.15, 0.2) is 6.20 Å². The molecule has 0 aliphatic carbocycles. The van der Waals surface area contributed by atoms with Crippen molar-refractivity contribution in [3.8, 4) is 0 Å². The third-order valence-electron chi connectivity index (χ3n) is 13.6. The molecule has 0 N–H and O–H groups in total. The van der Waals surface area contributed by atoms with Gasteiger partial charge in [0, 0.05) is 24.1 Å². The maximum Gasteiger partial charge on any atom is 0.416 e. The van der Waals surface area contributed by atoms with Crippen LogP contribution in [0.4, 0.5) is 105 Å². The Balaban J connectivity index is 0.000000393. The van der Waals surface area contributed by atoms with Gasteiger partial charge in [-0.25, -0.2) is 0 Å². The van der Waals surface area contributed by atoms with E-state index in [0.29, 0.717) is 17.7 Å². The van der Waals surface area contributed by atoms with Gasteiger partial charge in [-0.3, -0.25) is 9.59 Å². The normalized spacial score (nSPS) is 13.1. The van der Waals surface area contributed by atoms with Gasteiger partial charge in [0.1, 0.15) is 6.15 Å². The zero-order valence-electron chi connectivity index (χ0n) is 43.8. The molecular formula is C57H46BF24NO2. The van der Waals surface area contributed by atoms with Gasteiger partial charge in [0.05, 0.1) is 44.5 Å². The standard InChI is InChI=1S/C32H12BF24.C25H34NO2/c34-25(35,36)13-1-14(26(37,38)39)6-21(5-13)33(22-7-15(27(40,41)42)2-16(8-22)28(43,44)45,23-9-17(29(46,47)48)3-18(10-23)30(49,50)51)24-11-19(31(52,53)54)4-20(12-24)32(55,56)57;1-2-3-4-5-6-7-8-9-13-19-24(27)23-18-14-15-20-26(23)21-25(28)22-16-11-10-12-17-22/h1-12H;10-12,14-18,20H,2-9,13,19,21H2,1H3/q-1;+1. The minimum Gasteiger partial charge on any atom is -0.287 e. The summed E-state index contributed by atoms with van der Waals surface area (Å²) in [4.78, 5) is 25.1. The van der Waals surface area contributed by atoms with E-state index in [1.807, 2.05) is 54.7 Å². The number of carbonyl (C=O) groups excluding carboxylic acids is 2. The average molecular weight is 1240 g/mol. The van der Waals surface area contributed by atoms with E-state index in [1.165, 1.54) is 44.9 Å². The summed E-state index contributed by atoms with van der Waals surface area (Å²) in [5.74, 6) is 0.151. The van der Waals surface area contributed by atoms with Crippen LogP contribution in [0.15, 0.2) is 128 Å². The number of hydrogen-bond donors (Lipinski definition) is 0. The summed E-state index contributed by atoms with van der Waals surface area (Å²) in [5.41, 5.74) is -28.9. The summed E-state index contributed by atoms with van der Waals surface area (Å²) in [6.07, 6.45) is -41.3. The Morgan fingerprint density at radius 1 is 0.341 bits per heavy atom. The van der Waals surface area contributed by atoms with E-state index < -0.39 is 195 Å². The highest BCUT2D eigenvalue weighted by molar-refractivity contribution is 7.20. The lowest BCUT2D eigenvalue weighted by molar-refractivity contribution is -0.685. The first kappa shape index (κ1) is 68.8. The second-order valence-corrected chi connectivity index (χ2v) is 19.7. The summed E-state index contributed by atoms with van der Waals surface area (Å²) in [6.45, 7) is 2.44. The van der Waals surface area contributed by atoms with Crippen LogP contribution in [0.2, 0.25) is 0 Å². The monoisotopic (exact) mass is 1240 g/mol. The number of ketones is 2. The molecule has 3 nitrogen and oxygen atoms in total. The minimum absolute atomic E-state index is 0.0222. The molecule has 85 heavy (non-hydrogen) atoms. The summed E-state index contributed by atoms with van der Waals surface area (Å²) >= 11 is 0. The smallest absolute Gasteiger partial charge is 0.287 e. The van der Waals surface area contributed by atoms with Crippen molar-refractivity contribution < 1.29 is 120 Å². The maximum absolute atomic E-state index is 14.2. The third-order valence-corrected chi connectivity index (χ3v) is 13.6. The Labute approximate surface area is 468 Å². The first-order valence-corrected chi connectivity index (χ1v) is 25.4. The second-order valence-electron chi connectivity index (χ2n) is 19.7. The molecule has 0 radical (unpaired) electrons. The molecular weight excluding hydrogens is 1200 g/mol. The predicted molar refractivity (Wildman–Crippen MR) is 264 cm³/mol. The van der Waals surface area contributed by atoms with Crippen molar-refractivity contribution >= 4 is 39.6 Å². The first-order chi connectivity index (χ1) is 39.0. The predicted octanol–water partition coefficient (Wildman–Crippen LogP) is 17.2. The van der Waals surface area contributed by atoms with Crippen LogP contribution in [-0.4, -0.2) is 17.7 Å². The number of halogens is 24. The number of alkyl halides is 24. The Bertz CT molecular complexity index is 2820. The fourth-order valence-corrected chi connectivity index (χ4v) is 9.53. The van der Waals surface area contributed by atoms with Crippen molar-refractivity contribution in [3.05, 3.63) is 183 Å². The van der Waals surface area contributed by atoms with E-state index in [0.717, 1.165) is 12.8 Å². The van der Waals surface area contributed by atoms with Crippen molar-refractivity contribution in [2.24, 2.45) is 0 Å². The average Bonchev–Trinajstić information content (AvgIpc) is 1.05. The summed E-state index contributed by atoms with van der Waals surface area (Å²) in [7, 11) is 0. The highest BCUT2D eigenvalue weighted by atomic mass is 19.4. The molecule has 5 aromatic carbocycles. The SMILES string of the molecule is CCCCCCCCCCCC(=O)c1cccc[n+]1CC(=O)c1ccccc1.FC(F)(F)c1cc([B-](c2cc(C(F)(F)F)cc(C(F)(F)F)c2)(c2cc(C(F)(F)F)cc(C(F)(F)F)c2)c2cc(C(F)(F)F)cc(C(F)(F)F)c2)cc(C(F)(F)F)c1. The molecule has 0 fully saturated rings. The van der Waals surface area contributed by atoms with Crippen molar-refractivity contribution in [1.29, 1.82) is 0 Å². The van der Waals surface area contributed by atoms with Gasteiger partial charge >= 0.3 is 49.4 Å². The molecule has 0 amide bonds. The van der Waals surface area contributed by atoms with Crippen molar-refractivity contribution in [2.45, 2.75) is 127 Å². The molecule has 1 aromatic heterocycles. The van der Waals surface area contributed by atoms with Crippen LogP contribution in [0.3, 0.4) is 0 Å². The zero-order chi connectivity index (χ0) is 63.9. The molecule has 0 aliphatic heterocycles. The molecule has 0 spiro atoms. The molecule has 0 atom stereocenters. The zero-order valence-corrected chi connectivity index (χ0v) is 43.8. The number of Topliss-reactive ketones (excluding diaryl/α,β-unsaturated/α-hetero) is 2. The van der Waals surface area contributed by atoms with E-state index in [4.69, 9.17) is 0 Å². The molecule has 6 aromatic rings. The van der Waals surface area contributed by atoms with Gasteiger partial charge in [0.2, 0.25) is 23.8 Å². The lowest BCUT2D eigenvalue weighted by atomic mass is 9.12. The maximum atomic E-state index is 14.2. The molecule has 0 saturated heterocycles. The van der Waals surface area contributed by atoms with Crippen LogP contribution >= 0.6 is 0 Å². The van der Waals surface area contributed by atoms with E-state index in [9.17, 15) is 115 Å². The Morgan fingerprint density at radius 3 is 0.894 bits per heavy atom. The van der Waals surface area contributed by atoms with Crippen molar-refractivity contribution in [2.75, 3.05) is 0 Å². The lowest BCUT2D eigenvalue weighted by Crippen LogP contribution is -2.75. The van der Waals surface area contributed by atoms with Gasteiger partial charge in [-0.2, -0.15) is 132 Å². The van der Waals surface area contributed by atoms with Crippen LogP contribution in [0.25, 0.3) is 0 Å². The Hall–Kier alpha value is -7.03. The van der Waals surface area contributed by atoms with Gasteiger partial charge in [-0.1, -0.05) is 137 Å². The fourth-order valence-electron chi connectivity index (χ4n) is 9.53. The fraction of sp³-hybridized carbons (Fsp3) is 0.351. The molecule has 0 unspecified atom stereocenters. The van der Waals surface area contributed by atoms with E-state index >= 15 is 0 Å². The van der Waals surface area contributed by atoms with Crippen LogP contribution in [0, 0.1) is 0 Å². The van der Waals surface area contributed by atoms with Crippen LogP contribution in [0.5, 0.6) is 0 Å². The lowest BCUT2D eigenvalue weighted by Gasteiger charge is -2.46. The van der Waals surface area contributed by atoms with Gasteiger partial charge in [-0.05, 0) is 36.8 Å². The van der Waals surface area contributed by atoms with Crippen LogP contribution < -0.4 is 26.4 Å². The number of carbonyl (C=O) groups is 2. The number of pyridine rings is 1. The molecule has 0 bridgehead atoms. The van der Waals surface area contributed by atoms with Crippen molar-refractivity contribution in [3.63, 3.8) is 0 Å². The largest absolute Gasteiger partial charge is 0.416 e. The Kier molecular flexibility index (Phi) is 21.3. The number of aromatic nitrogens is 1. The van der Waals surface area contributed by atoms with E-state index in [1.54, 1.807) is 4.57 Å². The third kappa shape index (κ3) is 18.0. The highest BCUT2D eigenvalue weighted by Gasteiger charge is 2.47. The van der Waals surface area contributed by atoms with Gasteiger partial charge < -0.3 is 0 Å². The number of benzene rings is 5. The molecule has 6 rings (SSSR count). The molecule has 0 aliphatic rings. The first-order valence-electron chi connectivity index (χ1n) is 25.4. The number of nitrogens with zero attached hydrogens (tertiary/aromatic N) is 1. The highest BCUT2D eigenvalue weighted by Crippen LogP contribution is 2.41. The van der Waals surface area contributed by atoms with Crippen molar-refractivity contribution in [1.82, 2.24) is 0 Å². The number of rotatable bonds is 18. The molecule has 28 heteroatoms.